The summed E-state index contributed by atoms with van der Waals surface area (Å²) in [6.45, 7) is 2.73. The van der Waals surface area contributed by atoms with Gasteiger partial charge in [0.05, 0.1) is 23.1 Å². The zero-order valence-electron chi connectivity index (χ0n) is 15.4. The molecule has 142 valence electrons. The second-order valence-electron chi connectivity index (χ2n) is 7.37. The van der Waals surface area contributed by atoms with Crippen molar-refractivity contribution in [2.75, 3.05) is 13.1 Å². The highest BCUT2D eigenvalue weighted by Crippen LogP contribution is 2.34. The van der Waals surface area contributed by atoms with Gasteiger partial charge >= 0.3 is 0 Å². The Morgan fingerprint density at radius 3 is 2.54 bits per heavy atom. The van der Waals surface area contributed by atoms with Gasteiger partial charge in [0.25, 0.3) is 0 Å². The van der Waals surface area contributed by atoms with E-state index in [0.29, 0.717) is 18.0 Å². The lowest BCUT2D eigenvalue weighted by molar-refractivity contribution is 0.0803. The number of hydrogen-bond donors (Lipinski definition) is 0. The summed E-state index contributed by atoms with van der Waals surface area (Å²) in [4.78, 5) is 5.93. The molecular formula is C22H20N2O3S. The second-order valence-corrected chi connectivity index (χ2v) is 9.31. The van der Waals surface area contributed by atoms with Crippen molar-refractivity contribution in [3.05, 3.63) is 77.9 Å². The Balaban J connectivity index is 1.45. The van der Waals surface area contributed by atoms with Gasteiger partial charge in [-0.2, -0.15) is 4.31 Å². The van der Waals surface area contributed by atoms with E-state index >= 15 is 0 Å². The normalized spacial score (nSPS) is 22.1. The molecule has 0 amide bonds. The van der Waals surface area contributed by atoms with E-state index in [1.54, 1.807) is 12.1 Å². The molecule has 2 aliphatic heterocycles. The minimum atomic E-state index is -3.59. The average molecular weight is 392 g/mol. The summed E-state index contributed by atoms with van der Waals surface area (Å²) in [6, 6.07) is 21.1. The van der Waals surface area contributed by atoms with Crippen LogP contribution >= 0.6 is 0 Å². The number of nitrogens with zero attached hydrogens (tertiary/aromatic N) is 2. The number of aryl methyl sites for hydroxylation is 1. The number of sulfonamides is 1. The molecule has 5 nitrogen and oxygen atoms in total. The first-order valence-electron chi connectivity index (χ1n) is 9.33. The van der Waals surface area contributed by atoms with Crippen molar-refractivity contribution in [2.45, 2.75) is 17.9 Å². The van der Waals surface area contributed by atoms with Gasteiger partial charge in [-0.15, -0.1) is 0 Å². The molecule has 0 aromatic heterocycles. The van der Waals surface area contributed by atoms with Crippen LogP contribution in [0.25, 0.3) is 10.8 Å². The molecule has 0 N–H and O–H groups in total. The fourth-order valence-corrected chi connectivity index (χ4v) is 5.60. The Morgan fingerprint density at radius 1 is 0.964 bits per heavy atom. The van der Waals surface area contributed by atoms with Gasteiger partial charge in [-0.1, -0.05) is 59.8 Å². The SMILES string of the molecule is Cc1ccccc1C1=NOC2CN(S(=O)(=O)c3ccc4ccccc4c3)CC12. The summed E-state index contributed by atoms with van der Waals surface area (Å²) in [5, 5.41) is 6.22. The summed E-state index contributed by atoms with van der Waals surface area (Å²) in [5.41, 5.74) is 2.99. The maximum absolute atomic E-state index is 13.2. The van der Waals surface area contributed by atoms with Crippen LogP contribution in [0.4, 0.5) is 0 Å². The number of hydrogen-bond acceptors (Lipinski definition) is 4. The van der Waals surface area contributed by atoms with Gasteiger partial charge in [0.15, 0.2) is 6.10 Å². The van der Waals surface area contributed by atoms with E-state index in [-0.39, 0.29) is 12.0 Å². The number of oxime groups is 1. The van der Waals surface area contributed by atoms with Crippen LogP contribution in [0, 0.1) is 12.8 Å². The molecule has 28 heavy (non-hydrogen) atoms. The minimum absolute atomic E-state index is 0.0451. The number of benzene rings is 3. The highest BCUT2D eigenvalue weighted by atomic mass is 32.2. The lowest BCUT2D eigenvalue weighted by atomic mass is 9.92. The summed E-state index contributed by atoms with van der Waals surface area (Å²) in [6.07, 6.45) is -0.232. The topological polar surface area (TPSA) is 59.0 Å². The Hall–Kier alpha value is -2.70. The van der Waals surface area contributed by atoms with Gasteiger partial charge in [-0.05, 0) is 35.4 Å². The van der Waals surface area contributed by atoms with Crippen LogP contribution in [0.5, 0.6) is 0 Å². The third-order valence-corrected chi connectivity index (χ3v) is 7.48. The molecule has 5 rings (SSSR count). The minimum Gasteiger partial charge on any atom is -0.390 e. The first-order chi connectivity index (χ1) is 13.5. The standard InChI is InChI=1S/C22H20N2O3S/c1-15-6-2-5-9-19(15)22-20-13-24(14-21(20)27-23-22)28(25,26)18-11-10-16-7-3-4-8-17(16)12-18/h2-12,20-21H,13-14H2,1H3. The van der Waals surface area contributed by atoms with Crippen LogP contribution in [0.3, 0.4) is 0 Å². The monoisotopic (exact) mass is 392 g/mol. The highest BCUT2D eigenvalue weighted by molar-refractivity contribution is 7.89. The lowest BCUT2D eigenvalue weighted by Crippen LogP contribution is -2.30. The highest BCUT2D eigenvalue weighted by Gasteiger charge is 2.47. The molecule has 0 spiro atoms. The van der Waals surface area contributed by atoms with Crippen LogP contribution in [0.1, 0.15) is 11.1 Å². The van der Waals surface area contributed by atoms with Gasteiger partial charge in [0.1, 0.15) is 0 Å². The largest absolute Gasteiger partial charge is 0.390 e. The van der Waals surface area contributed by atoms with Gasteiger partial charge in [-0.25, -0.2) is 8.42 Å². The Labute approximate surface area is 164 Å². The van der Waals surface area contributed by atoms with Gasteiger partial charge in [-0.3, -0.25) is 0 Å². The number of rotatable bonds is 3. The van der Waals surface area contributed by atoms with E-state index in [2.05, 4.69) is 5.16 Å². The van der Waals surface area contributed by atoms with E-state index in [0.717, 1.165) is 27.6 Å². The van der Waals surface area contributed by atoms with E-state index < -0.39 is 10.0 Å². The molecule has 0 bridgehead atoms. The van der Waals surface area contributed by atoms with E-state index in [1.807, 2.05) is 61.5 Å². The molecule has 3 aromatic carbocycles. The zero-order valence-corrected chi connectivity index (χ0v) is 16.3. The molecule has 0 saturated carbocycles. The molecule has 2 heterocycles. The van der Waals surface area contributed by atoms with Crippen LogP contribution in [-0.4, -0.2) is 37.6 Å². The molecule has 2 unspecified atom stereocenters. The molecule has 3 aromatic rings. The van der Waals surface area contributed by atoms with E-state index in [1.165, 1.54) is 4.31 Å². The molecule has 2 atom stereocenters. The quantitative estimate of drug-likeness (QED) is 0.685. The third-order valence-electron chi connectivity index (χ3n) is 5.65. The van der Waals surface area contributed by atoms with Crippen molar-refractivity contribution >= 4 is 26.5 Å². The van der Waals surface area contributed by atoms with E-state index in [4.69, 9.17) is 4.84 Å². The zero-order chi connectivity index (χ0) is 19.3. The second kappa shape index (κ2) is 6.43. The fraction of sp³-hybridized carbons (Fsp3) is 0.227. The van der Waals surface area contributed by atoms with Crippen LogP contribution in [0.2, 0.25) is 0 Å². The van der Waals surface area contributed by atoms with Gasteiger partial charge in [0.2, 0.25) is 10.0 Å². The molecule has 0 radical (unpaired) electrons. The molecule has 0 aliphatic carbocycles. The summed E-state index contributed by atoms with van der Waals surface area (Å²) in [7, 11) is -3.59. The Morgan fingerprint density at radius 2 is 1.71 bits per heavy atom. The molecule has 1 saturated heterocycles. The Bertz CT molecular complexity index is 1200. The van der Waals surface area contributed by atoms with Crippen LogP contribution in [-0.2, 0) is 14.9 Å². The van der Waals surface area contributed by atoms with Crippen molar-refractivity contribution in [2.24, 2.45) is 11.1 Å². The predicted octanol–water partition coefficient (Wildman–Crippen LogP) is 3.57. The van der Waals surface area contributed by atoms with Crippen molar-refractivity contribution in [3.8, 4) is 0 Å². The summed E-state index contributed by atoms with van der Waals surface area (Å²) < 4.78 is 28.0. The van der Waals surface area contributed by atoms with Crippen molar-refractivity contribution < 1.29 is 13.3 Å². The maximum atomic E-state index is 13.2. The summed E-state index contributed by atoms with van der Waals surface area (Å²) in [5.74, 6) is -0.0451. The van der Waals surface area contributed by atoms with Crippen molar-refractivity contribution in [1.29, 1.82) is 0 Å². The third kappa shape index (κ3) is 2.72. The van der Waals surface area contributed by atoms with Crippen LogP contribution < -0.4 is 0 Å². The van der Waals surface area contributed by atoms with Gasteiger partial charge < -0.3 is 4.84 Å². The Kier molecular flexibility index (Phi) is 4.00. The predicted molar refractivity (Wildman–Crippen MR) is 109 cm³/mol. The summed E-state index contributed by atoms with van der Waals surface area (Å²) >= 11 is 0. The maximum Gasteiger partial charge on any atom is 0.243 e. The fourth-order valence-electron chi connectivity index (χ4n) is 4.08. The first kappa shape index (κ1) is 17.4. The molecular weight excluding hydrogens is 372 g/mol. The van der Waals surface area contributed by atoms with Gasteiger partial charge in [0, 0.05) is 12.1 Å². The van der Waals surface area contributed by atoms with E-state index in [9.17, 15) is 8.42 Å². The lowest BCUT2D eigenvalue weighted by Gasteiger charge is -2.17. The number of fused-ring (bicyclic) bond motifs is 2. The van der Waals surface area contributed by atoms with Crippen LogP contribution in [0.15, 0.2) is 76.8 Å². The molecule has 1 fully saturated rings. The van der Waals surface area contributed by atoms with Crippen molar-refractivity contribution in [3.63, 3.8) is 0 Å². The molecule has 2 aliphatic rings. The molecule has 6 heteroatoms. The average Bonchev–Trinajstić information content (AvgIpc) is 3.29. The van der Waals surface area contributed by atoms with Crippen molar-refractivity contribution in [1.82, 2.24) is 4.31 Å². The smallest absolute Gasteiger partial charge is 0.243 e. The first-order valence-corrected chi connectivity index (χ1v) is 10.8.